The average Bonchev–Trinajstić information content (AvgIpc) is 2.82. The Morgan fingerprint density at radius 3 is 3.00 bits per heavy atom. The number of nitrogens with zero attached hydrogens (tertiary/aromatic N) is 1. The zero-order valence-corrected chi connectivity index (χ0v) is 11.6. The van der Waals surface area contributed by atoms with E-state index in [2.05, 4.69) is 17.4 Å². The molecule has 0 saturated heterocycles. The van der Waals surface area contributed by atoms with Crippen LogP contribution in [-0.2, 0) is 24.1 Å². The van der Waals surface area contributed by atoms with E-state index in [1.165, 1.54) is 0 Å². The zero-order chi connectivity index (χ0) is 13.9. The van der Waals surface area contributed by atoms with Gasteiger partial charge in [0.05, 0.1) is 12.1 Å². The van der Waals surface area contributed by atoms with Crippen molar-refractivity contribution in [2.24, 2.45) is 5.92 Å². The van der Waals surface area contributed by atoms with Gasteiger partial charge in [-0.2, -0.15) is 0 Å². The van der Waals surface area contributed by atoms with Crippen molar-refractivity contribution < 1.29 is 9.32 Å². The predicted molar refractivity (Wildman–Crippen MR) is 76.5 cm³/mol. The molecular weight excluding hydrogens is 252 g/mol. The van der Waals surface area contributed by atoms with E-state index in [4.69, 9.17) is 4.52 Å². The lowest BCUT2D eigenvalue weighted by molar-refractivity contribution is -0.115. The number of hydrogen-bond acceptors (Lipinski definition) is 3. The highest BCUT2D eigenvalue weighted by molar-refractivity contribution is 5.91. The molecular formula is C16H18N2O2. The molecule has 1 heterocycles. The molecule has 104 valence electrons. The molecule has 1 aromatic carbocycles. The fourth-order valence-electron chi connectivity index (χ4n) is 2.63. The molecule has 1 atom stereocenters. The lowest BCUT2D eigenvalue weighted by Crippen LogP contribution is -2.17. The van der Waals surface area contributed by atoms with Gasteiger partial charge in [0, 0.05) is 5.56 Å². The smallest absolute Gasteiger partial charge is 0.234 e. The highest BCUT2D eigenvalue weighted by Gasteiger charge is 2.24. The molecule has 0 spiro atoms. The van der Waals surface area contributed by atoms with Crippen LogP contribution in [0.4, 0.5) is 5.88 Å². The van der Waals surface area contributed by atoms with E-state index in [0.717, 1.165) is 36.1 Å². The number of carbonyl (C=O) groups is 1. The van der Waals surface area contributed by atoms with E-state index in [0.29, 0.717) is 18.2 Å². The minimum atomic E-state index is -0.0617. The Labute approximate surface area is 118 Å². The van der Waals surface area contributed by atoms with Crippen LogP contribution in [0.5, 0.6) is 0 Å². The van der Waals surface area contributed by atoms with Gasteiger partial charge < -0.3 is 4.52 Å². The minimum Gasteiger partial charge on any atom is -0.338 e. The molecule has 20 heavy (non-hydrogen) atoms. The number of aryl methyl sites for hydroxylation is 1. The summed E-state index contributed by atoms with van der Waals surface area (Å²) < 4.78 is 5.29. The normalized spacial score (nSPS) is 17.6. The average molecular weight is 270 g/mol. The summed E-state index contributed by atoms with van der Waals surface area (Å²) in [6.45, 7) is 2.21. The Morgan fingerprint density at radius 1 is 1.40 bits per heavy atom. The van der Waals surface area contributed by atoms with Crippen LogP contribution in [0.2, 0.25) is 0 Å². The molecule has 0 radical (unpaired) electrons. The highest BCUT2D eigenvalue weighted by Crippen LogP contribution is 2.30. The second-order valence-electron chi connectivity index (χ2n) is 5.50. The first-order chi connectivity index (χ1) is 9.72. The fourth-order valence-corrected chi connectivity index (χ4v) is 2.63. The Balaban J connectivity index is 1.69. The zero-order valence-electron chi connectivity index (χ0n) is 11.6. The topological polar surface area (TPSA) is 55.1 Å². The first-order valence-corrected chi connectivity index (χ1v) is 7.03. The van der Waals surface area contributed by atoms with Crippen LogP contribution in [0.15, 0.2) is 34.9 Å². The van der Waals surface area contributed by atoms with Crippen LogP contribution in [0, 0.1) is 5.92 Å². The Morgan fingerprint density at radius 2 is 2.20 bits per heavy atom. The standard InChI is InChI=1S/C16H18N2O2/c1-11-7-8-14-13(9-11)16(20-18-14)17-15(19)10-12-5-3-2-4-6-12/h2-6,11H,7-10H2,1H3,(H,17,19)/t11-/m1/s1. The molecule has 1 aliphatic carbocycles. The van der Waals surface area contributed by atoms with Crippen molar-refractivity contribution >= 4 is 11.8 Å². The summed E-state index contributed by atoms with van der Waals surface area (Å²) in [6, 6.07) is 9.69. The molecule has 1 aliphatic rings. The number of nitrogens with one attached hydrogen (secondary N) is 1. The summed E-state index contributed by atoms with van der Waals surface area (Å²) >= 11 is 0. The lowest BCUT2D eigenvalue weighted by Gasteiger charge is -2.16. The van der Waals surface area contributed by atoms with E-state index in [1.54, 1.807) is 0 Å². The maximum absolute atomic E-state index is 12.0. The summed E-state index contributed by atoms with van der Waals surface area (Å²) in [5.74, 6) is 1.09. The van der Waals surface area contributed by atoms with Gasteiger partial charge in [0.15, 0.2) is 0 Å². The Kier molecular flexibility index (Phi) is 3.54. The van der Waals surface area contributed by atoms with Crippen LogP contribution >= 0.6 is 0 Å². The summed E-state index contributed by atoms with van der Waals surface area (Å²) in [7, 11) is 0. The molecule has 0 bridgehead atoms. The molecule has 1 aromatic heterocycles. The predicted octanol–water partition coefficient (Wildman–Crippen LogP) is 2.98. The molecule has 0 saturated carbocycles. The second-order valence-corrected chi connectivity index (χ2v) is 5.50. The number of amides is 1. The number of benzene rings is 1. The van der Waals surface area contributed by atoms with E-state index in [1.807, 2.05) is 30.3 Å². The van der Waals surface area contributed by atoms with Gasteiger partial charge >= 0.3 is 0 Å². The van der Waals surface area contributed by atoms with Gasteiger partial charge in [0.2, 0.25) is 11.8 Å². The third-order valence-electron chi connectivity index (χ3n) is 3.76. The summed E-state index contributed by atoms with van der Waals surface area (Å²) in [4.78, 5) is 12.0. The molecule has 0 fully saturated rings. The quantitative estimate of drug-likeness (QED) is 0.932. The van der Waals surface area contributed by atoms with Crippen LogP contribution in [0.3, 0.4) is 0 Å². The SMILES string of the molecule is C[C@@H]1CCc2noc(NC(=O)Cc3ccccc3)c2C1. The van der Waals surface area contributed by atoms with Gasteiger partial charge in [-0.3, -0.25) is 10.1 Å². The molecule has 2 aromatic rings. The van der Waals surface area contributed by atoms with Crippen molar-refractivity contribution in [3.05, 3.63) is 47.2 Å². The summed E-state index contributed by atoms with van der Waals surface area (Å²) in [5, 5.41) is 6.91. The number of carbonyl (C=O) groups excluding carboxylic acids is 1. The van der Waals surface area contributed by atoms with Crippen molar-refractivity contribution in [1.29, 1.82) is 0 Å². The van der Waals surface area contributed by atoms with Crippen molar-refractivity contribution in [1.82, 2.24) is 5.16 Å². The molecule has 4 heteroatoms. The highest BCUT2D eigenvalue weighted by atomic mass is 16.5. The minimum absolute atomic E-state index is 0.0617. The van der Waals surface area contributed by atoms with Crippen molar-refractivity contribution in [3.63, 3.8) is 0 Å². The fraction of sp³-hybridized carbons (Fsp3) is 0.375. The third kappa shape index (κ3) is 2.74. The summed E-state index contributed by atoms with van der Waals surface area (Å²) in [5.41, 5.74) is 3.06. The second kappa shape index (κ2) is 5.49. The first-order valence-electron chi connectivity index (χ1n) is 7.03. The van der Waals surface area contributed by atoms with Crippen LogP contribution in [0.1, 0.15) is 30.2 Å². The molecule has 0 aliphatic heterocycles. The van der Waals surface area contributed by atoms with Gasteiger partial charge in [-0.15, -0.1) is 0 Å². The molecule has 1 amide bonds. The van der Waals surface area contributed by atoms with Crippen molar-refractivity contribution in [2.75, 3.05) is 5.32 Å². The molecule has 1 N–H and O–H groups in total. The number of fused-ring (bicyclic) bond motifs is 1. The van der Waals surface area contributed by atoms with Gasteiger partial charge in [0.25, 0.3) is 0 Å². The Hall–Kier alpha value is -2.10. The lowest BCUT2D eigenvalue weighted by atomic mass is 9.89. The number of aromatic nitrogens is 1. The molecule has 0 unspecified atom stereocenters. The van der Waals surface area contributed by atoms with Gasteiger partial charge in [0.1, 0.15) is 0 Å². The van der Waals surface area contributed by atoms with E-state index in [9.17, 15) is 4.79 Å². The van der Waals surface area contributed by atoms with Gasteiger partial charge in [-0.1, -0.05) is 42.4 Å². The maximum atomic E-state index is 12.0. The van der Waals surface area contributed by atoms with Crippen molar-refractivity contribution in [2.45, 2.75) is 32.6 Å². The van der Waals surface area contributed by atoms with Gasteiger partial charge in [-0.25, -0.2) is 0 Å². The summed E-state index contributed by atoms with van der Waals surface area (Å²) in [6.07, 6.45) is 3.36. The van der Waals surface area contributed by atoms with E-state index >= 15 is 0 Å². The molecule has 4 nitrogen and oxygen atoms in total. The van der Waals surface area contributed by atoms with Crippen LogP contribution in [0.25, 0.3) is 0 Å². The van der Waals surface area contributed by atoms with Crippen LogP contribution in [-0.4, -0.2) is 11.1 Å². The third-order valence-corrected chi connectivity index (χ3v) is 3.76. The van der Waals surface area contributed by atoms with Crippen molar-refractivity contribution in [3.8, 4) is 0 Å². The Bertz CT molecular complexity index is 604. The number of rotatable bonds is 3. The van der Waals surface area contributed by atoms with E-state index < -0.39 is 0 Å². The number of hydrogen-bond donors (Lipinski definition) is 1. The largest absolute Gasteiger partial charge is 0.338 e. The van der Waals surface area contributed by atoms with Crippen LogP contribution < -0.4 is 5.32 Å². The van der Waals surface area contributed by atoms with E-state index in [-0.39, 0.29) is 5.91 Å². The number of anilines is 1. The molecule has 3 rings (SSSR count). The monoisotopic (exact) mass is 270 g/mol. The first kappa shape index (κ1) is 12.9. The maximum Gasteiger partial charge on any atom is 0.234 e. The van der Waals surface area contributed by atoms with Gasteiger partial charge in [-0.05, 0) is 30.7 Å².